The van der Waals surface area contributed by atoms with E-state index >= 15 is 0 Å². The van der Waals surface area contributed by atoms with Crippen LogP contribution >= 0.6 is 23.4 Å². The van der Waals surface area contributed by atoms with E-state index in [1.165, 1.54) is 11.8 Å². The van der Waals surface area contributed by atoms with Gasteiger partial charge < -0.3 is 0 Å². The average Bonchev–Trinajstić information content (AvgIpc) is 2.17. The molecule has 0 radical (unpaired) electrons. The van der Waals surface area contributed by atoms with Crippen molar-refractivity contribution >= 4 is 23.4 Å². The minimum absolute atomic E-state index is 0.497. The van der Waals surface area contributed by atoms with Crippen LogP contribution in [-0.2, 0) is 0 Å². The van der Waals surface area contributed by atoms with E-state index in [0.29, 0.717) is 10.4 Å². The summed E-state index contributed by atoms with van der Waals surface area (Å²) in [5.41, 5.74) is 0. The molecule has 0 aliphatic heterocycles. The second kappa shape index (κ2) is 3.08. The molecule has 1 heterocycles. The highest BCUT2D eigenvalue weighted by molar-refractivity contribution is 8.00. The molecule has 1 aromatic heterocycles. The Morgan fingerprint density at radius 3 is 3.00 bits per heavy atom. The lowest BCUT2D eigenvalue weighted by Gasteiger charge is -1.81. The molecule has 0 amide bonds. The summed E-state index contributed by atoms with van der Waals surface area (Å²) in [5.74, 6) is 0.822. The van der Waals surface area contributed by atoms with Crippen LogP contribution in [0.15, 0.2) is 5.16 Å². The first-order valence-corrected chi connectivity index (χ1v) is 3.92. The van der Waals surface area contributed by atoms with Gasteiger partial charge in [0.2, 0.25) is 5.16 Å². The van der Waals surface area contributed by atoms with Crippen LogP contribution in [0.25, 0.3) is 0 Å². The lowest BCUT2D eigenvalue weighted by molar-refractivity contribution is 0.971. The first-order valence-electron chi connectivity index (χ1n) is 2.40. The fraction of sp³-hybridized carbons (Fsp3) is 0.500. The summed E-state index contributed by atoms with van der Waals surface area (Å²) in [4.78, 5) is 4.01. The van der Waals surface area contributed by atoms with E-state index in [9.17, 15) is 0 Å². The SMILES string of the molecule is Cc1nc(SCCl)n[nH]1. The minimum atomic E-state index is 0.497. The Morgan fingerprint density at radius 2 is 2.56 bits per heavy atom. The van der Waals surface area contributed by atoms with Crippen LogP contribution in [0.3, 0.4) is 0 Å². The van der Waals surface area contributed by atoms with Gasteiger partial charge in [-0.15, -0.1) is 16.7 Å². The van der Waals surface area contributed by atoms with E-state index in [-0.39, 0.29) is 0 Å². The van der Waals surface area contributed by atoms with E-state index in [2.05, 4.69) is 15.2 Å². The Bertz CT molecular complexity index is 188. The van der Waals surface area contributed by atoms with Gasteiger partial charge in [0.1, 0.15) is 5.82 Å². The predicted octanol–water partition coefficient (Wildman–Crippen LogP) is 1.40. The maximum Gasteiger partial charge on any atom is 0.209 e. The largest absolute Gasteiger partial charge is 0.262 e. The van der Waals surface area contributed by atoms with Crippen molar-refractivity contribution in [1.29, 1.82) is 0 Å². The van der Waals surface area contributed by atoms with E-state index in [1.54, 1.807) is 0 Å². The van der Waals surface area contributed by atoms with Crippen LogP contribution in [0.4, 0.5) is 0 Å². The zero-order valence-corrected chi connectivity index (χ0v) is 6.46. The van der Waals surface area contributed by atoms with Gasteiger partial charge in [-0.25, -0.2) is 4.98 Å². The lowest BCUT2D eigenvalue weighted by Crippen LogP contribution is -1.72. The summed E-state index contributed by atoms with van der Waals surface area (Å²) >= 11 is 6.82. The van der Waals surface area contributed by atoms with Crippen molar-refractivity contribution < 1.29 is 0 Å². The van der Waals surface area contributed by atoms with E-state index in [0.717, 1.165) is 5.82 Å². The molecule has 0 fully saturated rings. The molecule has 5 heteroatoms. The van der Waals surface area contributed by atoms with E-state index in [4.69, 9.17) is 11.6 Å². The highest BCUT2D eigenvalue weighted by atomic mass is 35.5. The van der Waals surface area contributed by atoms with Crippen LogP contribution in [-0.4, -0.2) is 20.4 Å². The molecule has 3 nitrogen and oxygen atoms in total. The number of thioether (sulfide) groups is 1. The molecule has 0 aliphatic carbocycles. The molecule has 0 unspecified atom stereocenters. The van der Waals surface area contributed by atoms with Crippen molar-refractivity contribution in [3.8, 4) is 0 Å². The van der Waals surface area contributed by atoms with Gasteiger partial charge in [0.25, 0.3) is 0 Å². The third-order valence-electron chi connectivity index (χ3n) is 0.760. The Labute approximate surface area is 62.2 Å². The Morgan fingerprint density at radius 1 is 1.78 bits per heavy atom. The van der Waals surface area contributed by atoms with Gasteiger partial charge in [-0.05, 0) is 6.92 Å². The van der Waals surface area contributed by atoms with Crippen LogP contribution in [0.2, 0.25) is 0 Å². The standard InChI is InChI=1S/C4H6ClN3S/c1-3-6-4(8-7-3)9-2-5/h2H2,1H3,(H,6,7,8). The number of rotatable bonds is 2. The van der Waals surface area contributed by atoms with Gasteiger partial charge >= 0.3 is 0 Å². The zero-order chi connectivity index (χ0) is 6.69. The predicted molar refractivity (Wildman–Crippen MR) is 37.7 cm³/mol. The van der Waals surface area contributed by atoms with Crippen molar-refractivity contribution in [3.05, 3.63) is 5.82 Å². The van der Waals surface area contributed by atoms with Gasteiger partial charge in [0, 0.05) is 0 Å². The van der Waals surface area contributed by atoms with Crippen molar-refractivity contribution in [2.45, 2.75) is 12.1 Å². The summed E-state index contributed by atoms with van der Waals surface area (Å²) in [6.07, 6.45) is 0. The number of nitrogens with one attached hydrogen (secondary N) is 1. The third-order valence-corrected chi connectivity index (χ3v) is 1.64. The molecule has 0 saturated heterocycles. The zero-order valence-electron chi connectivity index (χ0n) is 4.89. The topological polar surface area (TPSA) is 41.6 Å². The molecule has 1 rings (SSSR count). The normalized spacial score (nSPS) is 10.0. The number of alkyl halides is 1. The first-order chi connectivity index (χ1) is 4.33. The van der Waals surface area contributed by atoms with Crippen LogP contribution < -0.4 is 0 Å². The van der Waals surface area contributed by atoms with Gasteiger partial charge in [-0.2, -0.15) is 0 Å². The van der Waals surface area contributed by atoms with Crippen molar-refractivity contribution in [3.63, 3.8) is 0 Å². The number of hydrogen-bond donors (Lipinski definition) is 1. The molecule has 9 heavy (non-hydrogen) atoms. The van der Waals surface area contributed by atoms with Crippen LogP contribution in [0, 0.1) is 6.92 Å². The van der Waals surface area contributed by atoms with Gasteiger partial charge in [-0.1, -0.05) is 11.8 Å². The number of hydrogen-bond acceptors (Lipinski definition) is 3. The Balaban J connectivity index is 2.61. The number of nitrogens with zero attached hydrogens (tertiary/aromatic N) is 2. The second-order valence-corrected chi connectivity index (χ2v) is 2.98. The van der Waals surface area contributed by atoms with Crippen molar-refractivity contribution in [2.75, 3.05) is 5.21 Å². The summed E-state index contributed by atoms with van der Waals surface area (Å²) in [5, 5.41) is 7.77. The minimum Gasteiger partial charge on any atom is -0.262 e. The van der Waals surface area contributed by atoms with Gasteiger partial charge in [-0.3, -0.25) is 5.10 Å². The summed E-state index contributed by atoms with van der Waals surface area (Å²) < 4.78 is 0. The molecule has 1 N–H and O–H groups in total. The number of aromatic nitrogens is 3. The van der Waals surface area contributed by atoms with E-state index < -0.39 is 0 Å². The average molecular weight is 164 g/mol. The number of H-pyrrole nitrogens is 1. The third kappa shape index (κ3) is 1.87. The van der Waals surface area contributed by atoms with Crippen molar-refractivity contribution in [2.24, 2.45) is 0 Å². The number of aromatic amines is 1. The highest BCUT2D eigenvalue weighted by Gasteiger charge is 1.96. The Hall–Kier alpha value is -0.220. The molecule has 50 valence electrons. The maximum atomic E-state index is 5.41. The number of halogens is 1. The molecule has 0 atom stereocenters. The first kappa shape index (κ1) is 6.89. The van der Waals surface area contributed by atoms with Gasteiger partial charge in [0.05, 0.1) is 5.21 Å². The molecule has 0 spiro atoms. The van der Waals surface area contributed by atoms with Crippen LogP contribution in [0.5, 0.6) is 0 Å². The molecular weight excluding hydrogens is 158 g/mol. The monoisotopic (exact) mass is 163 g/mol. The fourth-order valence-corrected chi connectivity index (χ4v) is 1.14. The molecule has 0 aromatic carbocycles. The highest BCUT2D eigenvalue weighted by Crippen LogP contribution is 2.12. The molecule has 0 bridgehead atoms. The summed E-state index contributed by atoms with van der Waals surface area (Å²) in [7, 11) is 0. The smallest absolute Gasteiger partial charge is 0.209 e. The molecule has 0 aliphatic rings. The van der Waals surface area contributed by atoms with E-state index in [1.807, 2.05) is 6.92 Å². The summed E-state index contributed by atoms with van der Waals surface area (Å²) in [6.45, 7) is 1.85. The van der Waals surface area contributed by atoms with Gasteiger partial charge in [0.15, 0.2) is 0 Å². The molecule has 0 saturated carbocycles. The lowest BCUT2D eigenvalue weighted by atomic mass is 10.8. The molecule has 1 aromatic rings. The fourth-order valence-electron chi connectivity index (χ4n) is 0.436. The van der Waals surface area contributed by atoms with Crippen molar-refractivity contribution in [1.82, 2.24) is 15.2 Å². The second-order valence-electron chi connectivity index (χ2n) is 1.46. The quantitative estimate of drug-likeness (QED) is 0.530. The number of aryl methyl sites for hydroxylation is 1. The van der Waals surface area contributed by atoms with Crippen LogP contribution in [0.1, 0.15) is 5.82 Å². The Kier molecular flexibility index (Phi) is 2.36. The maximum absolute atomic E-state index is 5.41. The molecular formula is C4H6ClN3S. The summed E-state index contributed by atoms with van der Waals surface area (Å²) in [6, 6.07) is 0.